The number of methoxy groups -OCH3 is 1. The van der Waals surface area contributed by atoms with Gasteiger partial charge in [-0.25, -0.2) is 0 Å². The summed E-state index contributed by atoms with van der Waals surface area (Å²) in [5.41, 5.74) is 4.12. The molecule has 0 N–H and O–H groups in total. The van der Waals surface area contributed by atoms with Gasteiger partial charge in [0.1, 0.15) is 5.75 Å². The van der Waals surface area contributed by atoms with Crippen molar-refractivity contribution < 1.29 is 9.53 Å². The van der Waals surface area contributed by atoms with Gasteiger partial charge in [0.15, 0.2) is 5.78 Å². The summed E-state index contributed by atoms with van der Waals surface area (Å²) in [6.07, 6.45) is 0. The van der Waals surface area contributed by atoms with Crippen molar-refractivity contribution in [1.82, 2.24) is 0 Å². The van der Waals surface area contributed by atoms with Crippen LogP contribution in [0.2, 0.25) is 0 Å². The normalized spacial score (nSPS) is 19.1. The van der Waals surface area contributed by atoms with E-state index in [0.717, 1.165) is 22.4 Å². The van der Waals surface area contributed by atoms with Crippen LogP contribution in [0.4, 0.5) is 0 Å². The summed E-state index contributed by atoms with van der Waals surface area (Å²) < 4.78 is 5.36. The van der Waals surface area contributed by atoms with Crippen LogP contribution in [0.1, 0.15) is 38.9 Å². The molecular formula is C22H18O2. The van der Waals surface area contributed by atoms with Crippen LogP contribution in [0.3, 0.4) is 0 Å². The van der Waals surface area contributed by atoms with Crippen molar-refractivity contribution in [3.05, 3.63) is 101 Å². The van der Waals surface area contributed by atoms with Crippen LogP contribution in [0.15, 0.2) is 78.9 Å². The summed E-state index contributed by atoms with van der Waals surface area (Å²) in [5, 5.41) is 0. The average molecular weight is 314 g/mol. The summed E-state index contributed by atoms with van der Waals surface area (Å²) in [6, 6.07) is 26.1. The van der Waals surface area contributed by atoms with Gasteiger partial charge in [0, 0.05) is 11.5 Å². The van der Waals surface area contributed by atoms with Gasteiger partial charge in [0.05, 0.1) is 13.0 Å². The zero-order valence-corrected chi connectivity index (χ0v) is 13.5. The van der Waals surface area contributed by atoms with Gasteiger partial charge in [-0.05, 0) is 28.8 Å². The molecule has 0 heterocycles. The Labute approximate surface area is 141 Å². The van der Waals surface area contributed by atoms with Crippen molar-refractivity contribution in [3.63, 3.8) is 0 Å². The zero-order valence-electron chi connectivity index (χ0n) is 13.5. The molecule has 0 saturated carbocycles. The summed E-state index contributed by atoms with van der Waals surface area (Å²) >= 11 is 0. The van der Waals surface area contributed by atoms with E-state index in [-0.39, 0.29) is 17.6 Å². The van der Waals surface area contributed by atoms with Gasteiger partial charge in [0.2, 0.25) is 0 Å². The van der Waals surface area contributed by atoms with E-state index in [1.54, 1.807) is 7.11 Å². The van der Waals surface area contributed by atoms with E-state index in [0.29, 0.717) is 0 Å². The Bertz CT molecular complexity index is 883. The van der Waals surface area contributed by atoms with Crippen molar-refractivity contribution >= 4 is 5.78 Å². The third-order valence-electron chi connectivity index (χ3n) is 4.79. The predicted molar refractivity (Wildman–Crippen MR) is 94.8 cm³/mol. The summed E-state index contributed by atoms with van der Waals surface area (Å²) in [6.45, 7) is 0. The number of hydrogen-bond acceptors (Lipinski definition) is 2. The van der Waals surface area contributed by atoms with Crippen molar-refractivity contribution in [2.45, 2.75) is 11.8 Å². The van der Waals surface area contributed by atoms with E-state index >= 15 is 0 Å². The molecular weight excluding hydrogens is 296 g/mol. The van der Waals surface area contributed by atoms with Crippen LogP contribution < -0.4 is 4.74 Å². The number of carbonyl (C=O) groups is 1. The van der Waals surface area contributed by atoms with Crippen molar-refractivity contribution in [1.29, 1.82) is 0 Å². The van der Waals surface area contributed by atoms with Crippen LogP contribution in [-0.4, -0.2) is 12.9 Å². The number of ketones is 1. The first-order chi connectivity index (χ1) is 11.8. The average Bonchev–Trinajstić information content (AvgIpc) is 2.95. The maximum absolute atomic E-state index is 13.1. The maximum Gasteiger partial charge on any atom is 0.171 e. The molecule has 0 bridgehead atoms. The van der Waals surface area contributed by atoms with E-state index in [1.807, 2.05) is 60.7 Å². The second-order valence-corrected chi connectivity index (χ2v) is 6.09. The topological polar surface area (TPSA) is 26.3 Å². The highest BCUT2D eigenvalue weighted by atomic mass is 16.5. The third kappa shape index (κ3) is 2.31. The third-order valence-corrected chi connectivity index (χ3v) is 4.79. The second-order valence-electron chi connectivity index (χ2n) is 6.09. The summed E-state index contributed by atoms with van der Waals surface area (Å²) in [7, 11) is 1.65. The molecule has 4 rings (SSSR count). The molecule has 0 aliphatic heterocycles. The Kier molecular flexibility index (Phi) is 3.66. The van der Waals surface area contributed by atoms with Crippen LogP contribution in [-0.2, 0) is 0 Å². The number of fused-ring (bicyclic) bond motifs is 1. The molecule has 2 heteroatoms. The van der Waals surface area contributed by atoms with E-state index in [4.69, 9.17) is 4.74 Å². The van der Waals surface area contributed by atoms with Crippen molar-refractivity contribution in [2.24, 2.45) is 0 Å². The van der Waals surface area contributed by atoms with E-state index in [9.17, 15) is 4.79 Å². The van der Waals surface area contributed by atoms with E-state index < -0.39 is 0 Å². The lowest BCUT2D eigenvalue weighted by Gasteiger charge is -2.21. The molecule has 1 aliphatic carbocycles. The summed E-state index contributed by atoms with van der Waals surface area (Å²) in [4.78, 5) is 13.1. The molecule has 0 amide bonds. The van der Waals surface area contributed by atoms with Gasteiger partial charge < -0.3 is 4.74 Å². The number of rotatable bonds is 3. The molecule has 0 saturated heterocycles. The zero-order chi connectivity index (χ0) is 16.5. The standard InChI is InChI=1S/C22H18O2/c1-24-17-11-7-10-16(14-17)21-20(15-8-3-2-4-9-15)18-12-5-6-13-19(18)22(21)23/h2-14,20-21H,1H3/t20-,21+/m0/s1. The molecule has 24 heavy (non-hydrogen) atoms. The largest absolute Gasteiger partial charge is 0.497 e. The lowest BCUT2D eigenvalue weighted by atomic mass is 9.81. The van der Waals surface area contributed by atoms with Crippen LogP contribution in [0.5, 0.6) is 5.75 Å². The molecule has 0 aromatic heterocycles. The first-order valence-electron chi connectivity index (χ1n) is 8.11. The number of Topliss-reactive ketones (excluding diaryl/α,β-unsaturated/α-hetero) is 1. The molecule has 1 aliphatic rings. The number of ether oxygens (including phenoxy) is 1. The minimum absolute atomic E-state index is 0.0435. The van der Waals surface area contributed by atoms with Gasteiger partial charge in [0.25, 0.3) is 0 Å². The Hall–Kier alpha value is -2.87. The number of carbonyl (C=O) groups excluding carboxylic acids is 1. The highest BCUT2D eigenvalue weighted by Gasteiger charge is 2.41. The van der Waals surface area contributed by atoms with Gasteiger partial charge in [-0.3, -0.25) is 4.79 Å². The smallest absolute Gasteiger partial charge is 0.171 e. The van der Waals surface area contributed by atoms with Gasteiger partial charge in [-0.1, -0.05) is 66.7 Å². The lowest BCUT2D eigenvalue weighted by Crippen LogP contribution is -2.13. The van der Waals surface area contributed by atoms with Gasteiger partial charge in [-0.15, -0.1) is 0 Å². The Morgan fingerprint density at radius 1 is 0.750 bits per heavy atom. The minimum atomic E-state index is -0.208. The number of hydrogen-bond donors (Lipinski definition) is 0. The van der Waals surface area contributed by atoms with Gasteiger partial charge in [-0.2, -0.15) is 0 Å². The summed E-state index contributed by atoms with van der Waals surface area (Å²) in [5.74, 6) is 0.803. The fourth-order valence-electron chi connectivity index (χ4n) is 3.70. The fourth-order valence-corrected chi connectivity index (χ4v) is 3.70. The minimum Gasteiger partial charge on any atom is -0.497 e. The molecule has 3 aromatic rings. The highest BCUT2D eigenvalue weighted by Crippen LogP contribution is 2.47. The first-order valence-corrected chi connectivity index (χ1v) is 8.11. The first kappa shape index (κ1) is 14.7. The number of benzene rings is 3. The van der Waals surface area contributed by atoms with E-state index in [1.165, 1.54) is 5.56 Å². The molecule has 0 radical (unpaired) electrons. The Morgan fingerprint density at radius 2 is 1.46 bits per heavy atom. The predicted octanol–water partition coefficient (Wildman–Crippen LogP) is 4.81. The molecule has 2 nitrogen and oxygen atoms in total. The van der Waals surface area contributed by atoms with Crippen LogP contribution in [0.25, 0.3) is 0 Å². The molecule has 0 unspecified atom stereocenters. The van der Waals surface area contributed by atoms with Crippen LogP contribution >= 0.6 is 0 Å². The molecule has 2 atom stereocenters. The molecule has 3 aromatic carbocycles. The Morgan fingerprint density at radius 3 is 2.25 bits per heavy atom. The second kappa shape index (κ2) is 5.97. The SMILES string of the molecule is COc1cccc([C@H]2C(=O)c3ccccc3[C@@H]2c2ccccc2)c1. The van der Waals surface area contributed by atoms with Crippen molar-refractivity contribution in [2.75, 3.05) is 7.11 Å². The quantitative estimate of drug-likeness (QED) is 0.693. The Balaban J connectivity index is 1.90. The molecule has 0 spiro atoms. The molecule has 118 valence electrons. The lowest BCUT2D eigenvalue weighted by molar-refractivity contribution is 0.0968. The van der Waals surface area contributed by atoms with Crippen molar-refractivity contribution in [3.8, 4) is 5.75 Å². The molecule has 0 fully saturated rings. The van der Waals surface area contributed by atoms with E-state index in [2.05, 4.69) is 18.2 Å². The van der Waals surface area contributed by atoms with Gasteiger partial charge >= 0.3 is 0 Å². The maximum atomic E-state index is 13.1. The monoisotopic (exact) mass is 314 g/mol. The van der Waals surface area contributed by atoms with Crippen LogP contribution in [0, 0.1) is 0 Å². The highest BCUT2D eigenvalue weighted by molar-refractivity contribution is 6.07. The fraction of sp³-hybridized carbons (Fsp3) is 0.136.